The minimum Gasteiger partial charge on any atom is -0.462 e. The Labute approximate surface area is 385 Å². The van der Waals surface area contributed by atoms with E-state index in [0.29, 0.717) is 12.8 Å². The Balaban J connectivity index is 4.22. The fraction of sp³-hybridized carbons (Fsp3) is 0.808. The van der Waals surface area contributed by atoms with Crippen LogP contribution >= 0.6 is 7.82 Å². The van der Waals surface area contributed by atoms with E-state index < -0.39 is 51.8 Å². The summed E-state index contributed by atoms with van der Waals surface area (Å²) in [5, 5.41) is 18.4. The minimum atomic E-state index is -4.64. The molecular formula is C52H95O10P. The van der Waals surface area contributed by atoms with Crippen LogP contribution in [0.3, 0.4) is 0 Å². The molecule has 0 aromatic carbocycles. The molecule has 63 heavy (non-hydrogen) atoms. The van der Waals surface area contributed by atoms with E-state index in [1.807, 2.05) is 0 Å². The second kappa shape index (κ2) is 47.9. The molecule has 11 heteroatoms. The van der Waals surface area contributed by atoms with Crippen molar-refractivity contribution in [3.8, 4) is 0 Å². The SMILES string of the molecule is CCCCC/C=C/C/C=C/C/C=C/CCCCCCC(=O)OC[C@H](COP(=O)(O)OC[C@@H](O)CO)OC(=O)CCC/C=C/CCCCCCCCCCCCCCCCCCCC. The molecule has 0 aliphatic heterocycles. The average molecular weight is 911 g/mol. The molecule has 3 atom stereocenters. The third-order valence-corrected chi connectivity index (χ3v) is 11.9. The molecule has 0 spiro atoms. The number of carbonyl (C=O) groups is 2. The van der Waals surface area contributed by atoms with E-state index in [2.05, 4.69) is 62.5 Å². The maximum absolute atomic E-state index is 12.7. The summed E-state index contributed by atoms with van der Waals surface area (Å²) in [6.45, 7) is 2.33. The molecule has 0 rings (SSSR count). The molecule has 0 aromatic heterocycles. The predicted molar refractivity (Wildman–Crippen MR) is 261 cm³/mol. The highest BCUT2D eigenvalue weighted by Gasteiger charge is 2.27. The van der Waals surface area contributed by atoms with Gasteiger partial charge in [-0.2, -0.15) is 0 Å². The van der Waals surface area contributed by atoms with Gasteiger partial charge in [-0.3, -0.25) is 18.6 Å². The summed E-state index contributed by atoms with van der Waals surface area (Å²) < 4.78 is 32.8. The van der Waals surface area contributed by atoms with Crippen molar-refractivity contribution in [1.82, 2.24) is 0 Å². The Bertz CT molecular complexity index is 1190. The number of phosphoric ester groups is 1. The van der Waals surface area contributed by atoms with Crippen molar-refractivity contribution in [2.24, 2.45) is 0 Å². The van der Waals surface area contributed by atoms with Crippen LogP contribution in [0.1, 0.15) is 232 Å². The van der Waals surface area contributed by atoms with Crippen LogP contribution in [0.2, 0.25) is 0 Å². The van der Waals surface area contributed by atoms with E-state index in [1.54, 1.807) is 0 Å². The predicted octanol–water partition coefficient (Wildman–Crippen LogP) is 14.5. The lowest BCUT2D eigenvalue weighted by atomic mass is 10.0. The zero-order valence-corrected chi connectivity index (χ0v) is 41.2. The van der Waals surface area contributed by atoms with Crippen molar-refractivity contribution in [2.45, 2.75) is 244 Å². The average Bonchev–Trinajstić information content (AvgIpc) is 3.27. The summed E-state index contributed by atoms with van der Waals surface area (Å²) in [4.78, 5) is 35.1. The quantitative estimate of drug-likeness (QED) is 0.0233. The first-order valence-corrected chi connectivity index (χ1v) is 27.1. The van der Waals surface area contributed by atoms with Gasteiger partial charge in [-0.1, -0.05) is 197 Å². The molecule has 10 nitrogen and oxygen atoms in total. The number of aliphatic hydroxyl groups excluding tert-OH is 2. The number of ether oxygens (including phenoxy) is 2. The number of hydrogen-bond donors (Lipinski definition) is 3. The summed E-state index contributed by atoms with van der Waals surface area (Å²) in [5.41, 5.74) is 0. The summed E-state index contributed by atoms with van der Waals surface area (Å²) in [7, 11) is -4.64. The first-order chi connectivity index (χ1) is 30.7. The van der Waals surface area contributed by atoms with Crippen LogP contribution in [-0.2, 0) is 32.7 Å². The lowest BCUT2D eigenvalue weighted by molar-refractivity contribution is -0.161. The number of aliphatic hydroxyl groups is 2. The van der Waals surface area contributed by atoms with Crippen molar-refractivity contribution in [3.63, 3.8) is 0 Å². The van der Waals surface area contributed by atoms with Crippen molar-refractivity contribution >= 4 is 19.8 Å². The molecule has 0 amide bonds. The first kappa shape index (κ1) is 60.9. The summed E-state index contributed by atoms with van der Waals surface area (Å²) >= 11 is 0. The second-order valence-electron chi connectivity index (χ2n) is 17.2. The zero-order chi connectivity index (χ0) is 46.2. The molecule has 0 radical (unpaired) electrons. The Hall–Kier alpha value is -2.07. The maximum Gasteiger partial charge on any atom is 0.472 e. The van der Waals surface area contributed by atoms with E-state index in [1.165, 1.54) is 141 Å². The molecule has 0 heterocycles. The molecule has 368 valence electrons. The number of allylic oxidation sites excluding steroid dienone is 8. The minimum absolute atomic E-state index is 0.132. The fourth-order valence-corrected chi connectivity index (χ4v) is 7.80. The molecule has 0 aromatic rings. The highest BCUT2D eigenvalue weighted by atomic mass is 31.2. The van der Waals surface area contributed by atoms with Gasteiger partial charge < -0.3 is 24.6 Å². The zero-order valence-electron chi connectivity index (χ0n) is 40.3. The third-order valence-electron chi connectivity index (χ3n) is 11.0. The van der Waals surface area contributed by atoms with Crippen LogP contribution in [-0.4, -0.2) is 65.7 Å². The smallest absolute Gasteiger partial charge is 0.462 e. The van der Waals surface area contributed by atoms with E-state index in [0.717, 1.165) is 51.4 Å². The third kappa shape index (κ3) is 47.7. The molecule has 0 fully saturated rings. The van der Waals surface area contributed by atoms with Crippen LogP contribution in [0.4, 0.5) is 0 Å². The summed E-state index contributed by atoms with van der Waals surface area (Å²) in [5.74, 6) is -0.982. The highest BCUT2D eigenvalue weighted by molar-refractivity contribution is 7.47. The Morgan fingerprint density at radius 3 is 1.33 bits per heavy atom. The molecule has 0 aliphatic carbocycles. The first-order valence-electron chi connectivity index (χ1n) is 25.6. The Morgan fingerprint density at radius 2 is 0.841 bits per heavy atom. The van der Waals surface area contributed by atoms with Crippen LogP contribution in [0.25, 0.3) is 0 Å². The van der Waals surface area contributed by atoms with E-state index in [9.17, 15) is 24.2 Å². The van der Waals surface area contributed by atoms with Gasteiger partial charge in [-0.15, -0.1) is 0 Å². The van der Waals surface area contributed by atoms with Gasteiger partial charge in [-0.05, 0) is 70.6 Å². The molecule has 3 N–H and O–H groups in total. The number of hydrogen-bond acceptors (Lipinski definition) is 9. The van der Waals surface area contributed by atoms with E-state index in [4.69, 9.17) is 23.6 Å². The van der Waals surface area contributed by atoms with Gasteiger partial charge in [0.25, 0.3) is 0 Å². The lowest BCUT2D eigenvalue weighted by Gasteiger charge is -2.20. The van der Waals surface area contributed by atoms with Crippen LogP contribution < -0.4 is 0 Å². The Morgan fingerprint density at radius 1 is 0.476 bits per heavy atom. The van der Waals surface area contributed by atoms with Gasteiger partial charge in [0.15, 0.2) is 6.10 Å². The van der Waals surface area contributed by atoms with Crippen molar-refractivity contribution < 1.29 is 47.8 Å². The monoisotopic (exact) mass is 911 g/mol. The van der Waals surface area contributed by atoms with Gasteiger partial charge in [0.1, 0.15) is 12.7 Å². The standard InChI is InChI=1S/C52H95O10P/c1-3-5-7-9-11-13-15-17-19-21-22-23-24-25-26-28-30-32-34-36-38-40-42-44-52(56)62-50(48-61-63(57,58)60-46-49(54)45-53)47-59-51(55)43-41-39-37-35-33-31-29-27-20-18-16-14-12-10-8-6-4-2/h12,14,18,20,29,31,36,38,49-50,53-54H,3-11,13,15-17,19,21-28,30,32-35,37,39-48H2,1-2H3,(H,57,58)/b14-12+,20-18+,31-29+,38-36+/t49-,50+/m0/s1. The molecular weight excluding hydrogens is 816 g/mol. The lowest BCUT2D eigenvalue weighted by Crippen LogP contribution is -2.29. The van der Waals surface area contributed by atoms with Crippen LogP contribution in [0, 0.1) is 0 Å². The van der Waals surface area contributed by atoms with Gasteiger partial charge in [-0.25, -0.2) is 4.57 Å². The van der Waals surface area contributed by atoms with Crippen molar-refractivity contribution in [2.75, 3.05) is 26.4 Å². The van der Waals surface area contributed by atoms with Gasteiger partial charge in [0.05, 0.1) is 19.8 Å². The topological polar surface area (TPSA) is 149 Å². The van der Waals surface area contributed by atoms with Gasteiger partial charge in [0, 0.05) is 12.8 Å². The summed E-state index contributed by atoms with van der Waals surface area (Å²) in [6, 6.07) is 0. The molecule has 0 aliphatic rings. The largest absolute Gasteiger partial charge is 0.472 e. The summed E-state index contributed by atoms with van der Waals surface area (Å²) in [6.07, 6.45) is 53.8. The van der Waals surface area contributed by atoms with Gasteiger partial charge >= 0.3 is 19.8 Å². The van der Waals surface area contributed by atoms with Crippen molar-refractivity contribution in [3.05, 3.63) is 48.6 Å². The number of rotatable bonds is 48. The second-order valence-corrected chi connectivity index (χ2v) is 18.6. The normalized spacial score (nSPS) is 14.0. The molecule has 1 unspecified atom stereocenters. The van der Waals surface area contributed by atoms with Crippen molar-refractivity contribution in [1.29, 1.82) is 0 Å². The molecule has 0 saturated heterocycles. The molecule has 0 saturated carbocycles. The fourth-order valence-electron chi connectivity index (χ4n) is 7.01. The number of esters is 2. The maximum atomic E-state index is 12.7. The number of carbonyl (C=O) groups excluding carboxylic acids is 2. The Kier molecular flexibility index (Phi) is 46.3. The van der Waals surface area contributed by atoms with Gasteiger partial charge in [0.2, 0.25) is 0 Å². The number of unbranched alkanes of at least 4 members (excludes halogenated alkanes) is 26. The van der Waals surface area contributed by atoms with E-state index >= 15 is 0 Å². The van der Waals surface area contributed by atoms with Crippen LogP contribution in [0.15, 0.2) is 48.6 Å². The number of phosphoric acid groups is 1. The van der Waals surface area contributed by atoms with Crippen LogP contribution in [0.5, 0.6) is 0 Å². The van der Waals surface area contributed by atoms with E-state index in [-0.39, 0.29) is 19.4 Å². The highest BCUT2D eigenvalue weighted by Crippen LogP contribution is 2.43. The molecule has 0 bridgehead atoms.